The van der Waals surface area contributed by atoms with Gasteiger partial charge in [-0.05, 0) is 67.8 Å². The minimum absolute atomic E-state index is 0.160. The number of hydrogen-bond donors (Lipinski definition) is 1. The second-order valence-corrected chi connectivity index (χ2v) is 7.88. The highest BCUT2D eigenvalue weighted by atomic mass is 35.5. The SMILES string of the molecule is O=C(O)c1cc(Cl)c(OCC2C3CC4CC(C3)CC2C4)cc1F. The zero-order valence-corrected chi connectivity index (χ0v) is 13.6. The molecule has 0 saturated heterocycles. The molecule has 0 radical (unpaired) electrons. The number of benzene rings is 1. The van der Waals surface area contributed by atoms with Gasteiger partial charge in [-0.25, -0.2) is 9.18 Å². The minimum atomic E-state index is -1.32. The zero-order chi connectivity index (χ0) is 16.1. The van der Waals surface area contributed by atoms with Crippen LogP contribution >= 0.6 is 11.6 Å². The Hall–Kier alpha value is -1.29. The van der Waals surface area contributed by atoms with E-state index < -0.39 is 17.3 Å². The number of halogens is 2. The van der Waals surface area contributed by atoms with Crippen LogP contribution in [0.5, 0.6) is 5.75 Å². The van der Waals surface area contributed by atoms with Crippen molar-refractivity contribution < 1.29 is 19.0 Å². The van der Waals surface area contributed by atoms with Gasteiger partial charge in [-0.1, -0.05) is 11.6 Å². The Morgan fingerprint density at radius 1 is 1.17 bits per heavy atom. The predicted octanol–water partition coefficient (Wildman–Crippen LogP) is 4.63. The molecule has 5 rings (SSSR count). The summed E-state index contributed by atoms with van der Waals surface area (Å²) in [6.07, 6.45) is 6.64. The van der Waals surface area contributed by atoms with Crippen molar-refractivity contribution in [1.82, 2.24) is 0 Å². The van der Waals surface area contributed by atoms with Gasteiger partial charge in [0, 0.05) is 6.07 Å². The molecule has 0 aliphatic heterocycles. The molecule has 0 aromatic heterocycles. The quantitative estimate of drug-likeness (QED) is 0.870. The topological polar surface area (TPSA) is 46.5 Å². The van der Waals surface area contributed by atoms with Gasteiger partial charge in [0.05, 0.1) is 17.2 Å². The summed E-state index contributed by atoms with van der Waals surface area (Å²) < 4.78 is 19.6. The van der Waals surface area contributed by atoms with E-state index in [0.717, 1.165) is 35.8 Å². The molecule has 3 nitrogen and oxygen atoms in total. The maximum Gasteiger partial charge on any atom is 0.338 e. The van der Waals surface area contributed by atoms with Gasteiger partial charge in [-0.15, -0.1) is 0 Å². The highest BCUT2D eigenvalue weighted by Crippen LogP contribution is 2.56. The molecule has 4 saturated carbocycles. The maximum absolute atomic E-state index is 13.8. The summed E-state index contributed by atoms with van der Waals surface area (Å²) in [5.74, 6) is 1.93. The van der Waals surface area contributed by atoms with Crippen molar-refractivity contribution in [1.29, 1.82) is 0 Å². The average Bonchev–Trinajstić information content (AvgIpc) is 2.48. The van der Waals surface area contributed by atoms with E-state index in [4.69, 9.17) is 21.4 Å². The molecule has 1 N–H and O–H groups in total. The van der Waals surface area contributed by atoms with Gasteiger partial charge in [0.1, 0.15) is 11.6 Å². The molecule has 0 heterocycles. The number of carbonyl (C=O) groups is 1. The number of rotatable bonds is 4. The van der Waals surface area contributed by atoms with Crippen LogP contribution in [0, 0.1) is 35.4 Å². The minimum Gasteiger partial charge on any atom is -0.492 e. The number of carboxylic acids is 1. The fraction of sp³-hybridized carbons (Fsp3) is 0.611. The van der Waals surface area contributed by atoms with Gasteiger partial charge < -0.3 is 9.84 Å². The van der Waals surface area contributed by atoms with Crippen LogP contribution in [0.25, 0.3) is 0 Å². The van der Waals surface area contributed by atoms with Crippen LogP contribution in [0.1, 0.15) is 42.5 Å². The van der Waals surface area contributed by atoms with Crippen molar-refractivity contribution >= 4 is 17.6 Å². The number of ether oxygens (including phenoxy) is 1. The molecule has 1 aromatic rings. The Kier molecular flexibility index (Phi) is 3.75. The van der Waals surface area contributed by atoms with Gasteiger partial charge >= 0.3 is 5.97 Å². The maximum atomic E-state index is 13.8. The summed E-state index contributed by atoms with van der Waals surface area (Å²) in [5, 5.41) is 9.07. The molecule has 5 heteroatoms. The van der Waals surface area contributed by atoms with Crippen LogP contribution in [-0.4, -0.2) is 17.7 Å². The molecule has 124 valence electrons. The Bertz CT molecular complexity index is 617. The predicted molar refractivity (Wildman–Crippen MR) is 84.4 cm³/mol. The van der Waals surface area contributed by atoms with E-state index in [1.165, 1.54) is 32.1 Å². The van der Waals surface area contributed by atoms with Crippen LogP contribution in [0.15, 0.2) is 12.1 Å². The van der Waals surface area contributed by atoms with E-state index in [1.54, 1.807) is 0 Å². The molecule has 23 heavy (non-hydrogen) atoms. The highest BCUT2D eigenvalue weighted by Gasteiger charge is 2.48. The van der Waals surface area contributed by atoms with E-state index in [2.05, 4.69) is 0 Å². The van der Waals surface area contributed by atoms with Crippen molar-refractivity contribution in [2.45, 2.75) is 32.1 Å². The number of aromatic carboxylic acids is 1. The third-order valence-electron chi connectivity index (χ3n) is 6.11. The van der Waals surface area contributed by atoms with E-state index in [-0.39, 0.29) is 10.8 Å². The van der Waals surface area contributed by atoms with Crippen molar-refractivity contribution in [2.75, 3.05) is 6.61 Å². The Balaban J connectivity index is 1.47. The lowest BCUT2D eigenvalue weighted by atomic mass is 9.52. The Labute approximate surface area is 139 Å². The summed E-state index contributed by atoms with van der Waals surface area (Å²) in [6, 6.07) is 2.23. The van der Waals surface area contributed by atoms with Crippen molar-refractivity contribution in [3.63, 3.8) is 0 Å². The van der Waals surface area contributed by atoms with Gasteiger partial charge in [-0.2, -0.15) is 0 Å². The second-order valence-electron chi connectivity index (χ2n) is 7.47. The number of hydrogen-bond acceptors (Lipinski definition) is 2. The summed E-state index contributed by atoms with van der Waals surface area (Å²) in [6.45, 7) is 0.556. The van der Waals surface area contributed by atoms with E-state index in [9.17, 15) is 9.18 Å². The molecule has 0 spiro atoms. The lowest BCUT2D eigenvalue weighted by molar-refractivity contribution is -0.0529. The molecule has 4 aliphatic carbocycles. The molecule has 0 unspecified atom stereocenters. The number of carboxylic acid groups (broad SMARTS) is 1. The highest BCUT2D eigenvalue weighted by molar-refractivity contribution is 6.32. The zero-order valence-electron chi connectivity index (χ0n) is 12.8. The van der Waals surface area contributed by atoms with Crippen LogP contribution in [0.3, 0.4) is 0 Å². The first-order valence-corrected chi connectivity index (χ1v) is 8.74. The van der Waals surface area contributed by atoms with Crippen LogP contribution in [0.2, 0.25) is 5.02 Å². The monoisotopic (exact) mass is 338 g/mol. The summed E-state index contributed by atoms with van der Waals surface area (Å²) in [5.41, 5.74) is -0.419. The molecular weight excluding hydrogens is 319 g/mol. The lowest BCUT2D eigenvalue weighted by Crippen LogP contribution is -2.47. The van der Waals surface area contributed by atoms with E-state index in [1.807, 2.05) is 0 Å². The van der Waals surface area contributed by atoms with Gasteiger partial charge in [0.25, 0.3) is 0 Å². The molecule has 0 atom stereocenters. The summed E-state index contributed by atoms with van der Waals surface area (Å²) >= 11 is 6.06. The average molecular weight is 339 g/mol. The smallest absolute Gasteiger partial charge is 0.338 e. The molecule has 0 amide bonds. The van der Waals surface area contributed by atoms with Crippen LogP contribution in [-0.2, 0) is 0 Å². The molecule has 4 aliphatic rings. The lowest BCUT2D eigenvalue weighted by Gasteiger charge is -2.54. The molecule has 1 aromatic carbocycles. The van der Waals surface area contributed by atoms with E-state index in [0.29, 0.717) is 12.5 Å². The van der Waals surface area contributed by atoms with Gasteiger partial charge in [0.15, 0.2) is 0 Å². The third kappa shape index (κ3) is 2.71. The Morgan fingerprint density at radius 2 is 1.78 bits per heavy atom. The molecular formula is C18H20ClFO3. The first-order chi connectivity index (χ1) is 11.0. The summed E-state index contributed by atoms with van der Waals surface area (Å²) in [7, 11) is 0. The normalized spacial score (nSPS) is 34.6. The summed E-state index contributed by atoms with van der Waals surface area (Å²) in [4.78, 5) is 10.9. The van der Waals surface area contributed by atoms with Crippen molar-refractivity contribution in [2.24, 2.45) is 29.6 Å². The Morgan fingerprint density at radius 3 is 2.35 bits per heavy atom. The first kappa shape index (κ1) is 15.3. The molecule has 4 fully saturated rings. The largest absolute Gasteiger partial charge is 0.492 e. The molecule has 4 bridgehead atoms. The third-order valence-corrected chi connectivity index (χ3v) is 6.40. The van der Waals surface area contributed by atoms with Gasteiger partial charge in [0.2, 0.25) is 0 Å². The van der Waals surface area contributed by atoms with E-state index >= 15 is 0 Å². The van der Waals surface area contributed by atoms with Crippen molar-refractivity contribution in [3.8, 4) is 5.75 Å². The first-order valence-electron chi connectivity index (χ1n) is 8.36. The fourth-order valence-corrected chi connectivity index (χ4v) is 5.52. The van der Waals surface area contributed by atoms with Crippen LogP contribution in [0.4, 0.5) is 4.39 Å². The van der Waals surface area contributed by atoms with Crippen molar-refractivity contribution in [3.05, 3.63) is 28.5 Å². The second kappa shape index (κ2) is 5.66. The fourth-order valence-electron chi connectivity index (χ4n) is 5.30. The standard InChI is InChI=1S/C18H20ClFO3/c19-15-6-13(18(21)22)16(20)7-17(15)23-8-14-11-2-9-1-10(4-11)5-12(14)3-9/h6-7,9-12,14H,1-5,8H2,(H,21,22). The van der Waals surface area contributed by atoms with Crippen LogP contribution < -0.4 is 4.74 Å². The van der Waals surface area contributed by atoms with Gasteiger partial charge in [-0.3, -0.25) is 0 Å².